The summed E-state index contributed by atoms with van der Waals surface area (Å²) in [5, 5.41) is 10.6. The first-order chi connectivity index (χ1) is 12.4. The molecule has 1 amide bonds. The summed E-state index contributed by atoms with van der Waals surface area (Å²) in [5.74, 6) is -2.08. The molecule has 0 aliphatic carbocycles. The standard InChI is InChI=1S/C9H8N3.C8H7F3N2O.Ir/c1-7-6-11-12-9(7)8-4-2-3-5-10-8;9-8(10,11)7(14)13-5-6-3-1-2-4-12-6;/h2-6H,1H3;1-4H,5H2,(H,13,14);/q-1;;/p-1. The van der Waals surface area contributed by atoms with Crippen LogP contribution in [0.15, 0.2) is 55.0 Å². The molecule has 0 saturated heterocycles. The van der Waals surface area contributed by atoms with Gasteiger partial charge in [-0.05, 0) is 36.8 Å². The fourth-order valence-corrected chi connectivity index (χ4v) is 1.80. The number of hydrogen-bond donors (Lipinski definition) is 0. The van der Waals surface area contributed by atoms with E-state index in [1.807, 2.05) is 25.1 Å². The molecule has 1 radical (unpaired) electrons. The van der Waals surface area contributed by atoms with Gasteiger partial charge in [-0.15, -0.1) is 0 Å². The van der Waals surface area contributed by atoms with Gasteiger partial charge in [0.1, 0.15) is 0 Å². The second-order valence-electron chi connectivity index (χ2n) is 5.03. The zero-order valence-electron chi connectivity index (χ0n) is 14.0. The van der Waals surface area contributed by atoms with E-state index >= 15 is 0 Å². The minimum Gasteiger partial charge on any atom is -0.641 e. The van der Waals surface area contributed by atoms with Crippen LogP contribution < -0.4 is 5.10 Å². The van der Waals surface area contributed by atoms with Gasteiger partial charge in [0.2, 0.25) is 0 Å². The predicted molar refractivity (Wildman–Crippen MR) is 87.9 cm³/mol. The number of rotatable bonds is 3. The Bertz CT molecular complexity index is 825. The van der Waals surface area contributed by atoms with Crippen LogP contribution in [0, 0.1) is 6.92 Å². The molecule has 145 valence electrons. The van der Waals surface area contributed by atoms with Gasteiger partial charge in [0.05, 0.1) is 0 Å². The molecule has 6 nitrogen and oxygen atoms in total. The number of nitrogens with zero attached hydrogens (tertiary/aromatic N) is 5. The Morgan fingerprint density at radius 2 is 1.78 bits per heavy atom. The van der Waals surface area contributed by atoms with Gasteiger partial charge < -0.3 is 20.3 Å². The molecular weight excluding hydrogens is 539 g/mol. The molecule has 0 fully saturated rings. The smallest absolute Gasteiger partial charge is 0.432 e. The number of carbonyl (C=O) groups is 1. The number of amides is 1. The Kier molecular flexibility index (Phi) is 8.77. The van der Waals surface area contributed by atoms with E-state index in [0.29, 0.717) is 5.69 Å². The second kappa shape index (κ2) is 10.5. The van der Waals surface area contributed by atoms with E-state index < -0.39 is 12.1 Å². The predicted octanol–water partition coefficient (Wildman–Crippen LogP) is 3.45. The number of halogens is 3. The topological polar surface area (TPSA) is 83.9 Å². The molecule has 3 heterocycles. The molecule has 0 N–H and O–H groups in total. The summed E-state index contributed by atoms with van der Waals surface area (Å²) < 4.78 is 35.1. The van der Waals surface area contributed by atoms with E-state index in [9.17, 15) is 18.0 Å². The van der Waals surface area contributed by atoms with Crippen molar-refractivity contribution in [2.45, 2.75) is 19.6 Å². The van der Waals surface area contributed by atoms with Crippen molar-refractivity contribution in [3.63, 3.8) is 0 Å². The average molecular weight is 554 g/mol. The van der Waals surface area contributed by atoms with Crippen molar-refractivity contribution in [3.8, 4) is 11.4 Å². The van der Waals surface area contributed by atoms with Crippen LogP contribution in [0.25, 0.3) is 16.7 Å². The Hall–Kier alpha value is -2.58. The van der Waals surface area contributed by atoms with E-state index in [4.69, 9.17) is 0 Å². The van der Waals surface area contributed by atoms with E-state index in [-0.39, 0.29) is 26.7 Å². The maximum absolute atomic E-state index is 11.7. The summed E-state index contributed by atoms with van der Waals surface area (Å²) in [6.45, 7) is 1.63. The van der Waals surface area contributed by atoms with Gasteiger partial charge in [0.15, 0.2) is 5.91 Å². The molecule has 3 rings (SSSR count). The normalized spacial score (nSPS) is 10.2. The van der Waals surface area contributed by atoms with E-state index in [1.165, 1.54) is 12.3 Å². The maximum Gasteiger partial charge on any atom is 0.432 e. The molecular formula is C17H14F3IrN5O-2. The molecule has 0 bridgehead atoms. The fourth-order valence-electron chi connectivity index (χ4n) is 1.80. The van der Waals surface area contributed by atoms with Gasteiger partial charge in [-0.1, -0.05) is 24.4 Å². The van der Waals surface area contributed by atoms with E-state index in [2.05, 4.69) is 25.5 Å². The first-order valence-corrected chi connectivity index (χ1v) is 7.43. The molecule has 0 aliphatic rings. The second-order valence-corrected chi connectivity index (χ2v) is 5.03. The Balaban J connectivity index is 0.000000262. The van der Waals surface area contributed by atoms with Gasteiger partial charge in [-0.25, -0.2) is 0 Å². The summed E-state index contributed by atoms with van der Waals surface area (Å²) in [5.41, 5.74) is 3.14. The number of aromatic nitrogens is 4. The van der Waals surface area contributed by atoms with E-state index in [0.717, 1.165) is 17.0 Å². The summed E-state index contributed by atoms with van der Waals surface area (Å²) in [7, 11) is 0. The molecule has 0 spiro atoms. The third kappa shape index (κ3) is 7.28. The van der Waals surface area contributed by atoms with Crippen molar-refractivity contribution in [3.05, 3.63) is 71.6 Å². The van der Waals surface area contributed by atoms with Crippen LogP contribution in [-0.4, -0.2) is 27.2 Å². The van der Waals surface area contributed by atoms with Gasteiger partial charge in [-0.3, -0.25) is 9.97 Å². The molecule has 0 aliphatic heterocycles. The summed E-state index contributed by atoms with van der Waals surface area (Å²) >= 11 is 0. The number of pyridine rings is 2. The van der Waals surface area contributed by atoms with Crippen molar-refractivity contribution in [2.24, 2.45) is 0 Å². The third-order valence-electron chi connectivity index (χ3n) is 3.04. The van der Waals surface area contributed by atoms with Crippen LogP contribution in [0.4, 0.5) is 13.2 Å². The zero-order chi connectivity index (χ0) is 19.0. The number of alkyl halides is 3. The van der Waals surface area contributed by atoms with Crippen molar-refractivity contribution in [1.29, 1.82) is 0 Å². The Labute approximate surface area is 167 Å². The molecule has 0 unspecified atom stereocenters. The minimum atomic E-state index is -4.89. The van der Waals surface area contributed by atoms with Gasteiger partial charge >= 0.3 is 6.18 Å². The third-order valence-corrected chi connectivity index (χ3v) is 3.04. The Morgan fingerprint density at radius 1 is 1.11 bits per heavy atom. The quantitative estimate of drug-likeness (QED) is 0.496. The average Bonchev–Trinajstić information content (AvgIpc) is 3.07. The van der Waals surface area contributed by atoms with Crippen LogP contribution in [0.2, 0.25) is 0 Å². The van der Waals surface area contributed by atoms with Crippen molar-refractivity contribution in [1.82, 2.24) is 20.2 Å². The van der Waals surface area contributed by atoms with Gasteiger partial charge in [-0.2, -0.15) is 13.2 Å². The first kappa shape index (κ1) is 22.5. The van der Waals surface area contributed by atoms with Crippen LogP contribution >= 0.6 is 0 Å². The van der Waals surface area contributed by atoms with Crippen molar-refractivity contribution < 1.29 is 38.1 Å². The van der Waals surface area contributed by atoms with Crippen LogP contribution in [0.1, 0.15) is 11.3 Å². The van der Waals surface area contributed by atoms with Crippen molar-refractivity contribution >= 4 is 5.91 Å². The first-order valence-electron chi connectivity index (χ1n) is 7.43. The Morgan fingerprint density at radius 3 is 2.26 bits per heavy atom. The number of hydrogen-bond acceptors (Lipinski definition) is 4. The van der Waals surface area contributed by atoms with Gasteiger partial charge in [0, 0.05) is 50.1 Å². The van der Waals surface area contributed by atoms with Crippen LogP contribution in [0.3, 0.4) is 0 Å². The molecule has 10 heteroatoms. The molecule has 3 aromatic heterocycles. The minimum absolute atomic E-state index is 0. The molecule has 0 atom stereocenters. The molecule has 0 saturated carbocycles. The number of aryl methyl sites for hydroxylation is 1. The summed E-state index contributed by atoms with van der Waals surface area (Å²) in [4.78, 5) is 18.2. The van der Waals surface area contributed by atoms with E-state index in [1.54, 1.807) is 24.5 Å². The number of carbonyl (C=O) groups excluding carboxylic acids is 1. The van der Waals surface area contributed by atoms with Crippen molar-refractivity contribution in [2.75, 3.05) is 0 Å². The monoisotopic (exact) mass is 554 g/mol. The van der Waals surface area contributed by atoms with Crippen LogP contribution in [-0.2, 0) is 31.4 Å². The van der Waals surface area contributed by atoms with Crippen LogP contribution in [0.5, 0.6) is 0 Å². The SMILES string of the molecule is Cc1cn[n-]c1-c1ccccn1.O=C([N-]Cc1ccccn1)C(F)(F)F.[Ir]. The summed E-state index contributed by atoms with van der Waals surface area (Å²) in [6, 6.07) is 10.5. The maximum atomic E-state index is 11.7. The molecule has 0 aromatic carbocycles. The molecule has 27 heavy (non-hydrogen) atoms. The van der Waals surface area contributed by atoms with Gasteiger partial charge in [0.25, 0.3) is 0 Å². The largest absolute Gasteiger partial charge is 0.641 e. The zero-order valence-corrected chi connectivity index (χ0v) is 16.4. The fraction of sp³-hybridized carbons (Fsp3) is 0.176. The summed E-state index contributed by atoms with van der Waals surface area (Å²) in [6.07, 6.45) is 0.0190. The molecule has 3 aromatic rings.